The average Bonchev–Trinajstić information content (AvgIpc) is 3.20. The molecule has 2 aliphatic rings. The van der Waals surface area contributed by atoms with Gasteiger partial charge in [-0.05, 0) is 24.3 Å². The zero-order valence-electron chi connectivity index (χ0n) is 17.2. The third-order valence-corrected chi connectivity index (χ3v) is 6.29. The van der Waals surface area contributed by atoms with Crippen molar-refractivity contribution in [2.24, 2.45) is 5.41 Å². The summed E-state index contributed by atoms with van der Waals surface area (Å²) in [4.78, 5) is 23.6. The molecule has 0 radical (unpaired) electrons. The maximum atomic E-state index is 12.7. The van der Waals surface area contributed by atoms with Crippen molar-refractivity contribution in [2.45, 2.75) is 0 Å². The lowest BCUT2D eigenvalue weighted by molar-refractivity contribution is -0.176. The maximum Gasteiger partial charge on any atom is 0.253 e. The number of carbonyl (C=O) groups is 1. The van der Waals surface area contributed by atoms with Gasteiger partial charge in [-0.25, -0.2) is 4.98 Å². The highest BCUT2D eigenvalue weighted by Gasteiger charge is 2.50. The molecule has 2 saturated heterocycles. The number of aromatic nitrogens is 3. The monoisotopic (exact) mass is 421 g/mol. The van der Waals surface area contributed by atoms with Crippen LogP contribution in [0.4, 0.5) is 0 Å². The zero-order chi connectivity index (χ0) is 21.7. The van der Waals surface area contributed by atoms with Crippen molar-refractivity contribution in [3.8, 4) is 28.6 Å². The molecule has 0 bridgehead atoms. The van der Waals surface area contributed by atoms with Crippen molar-refractivity contribution < 1.29 is 9.53 Å². The fourth-order valence-corrected chi connectivity index (χ4v) is 4.41. The molecule has 2 aliphatic heterocycles. The van der Waals surface area contributed by atoms with Crippen molar-refractivity contribution in [1.29, 1.82) is 5.26 Å². The van der Waals surface area contributed by atoms with Gasteiger partial charge in [-0.2, -0.15) is 5.26 Å². The van der Waals surface area contributed by atoms with Gasteiger partial charge >= 0.3 is 0 Å². The molecule has 1 spiro atoms. The summed E-state index contributed by atoms with van der Waals surface area (Å²) in [6.45, 7) is 3.10. The van der Waals surface area contributed by atoms with Gasteiger partial charge in [-0.3, -0.25) is 14.2 Å². The van der Waals surface area contributed by atoms with Crippen LogP contribution in [0.3, 0.4) is 0 Å². The van der Waals surface area contributed by atoms with Gasteiger partial charge in [0.15, 0.2) is 5.65 Å². The Morgan fingerprint density at radius 3 is 2.34 bits per heavy atom. The molecule has 0 aliphatic carbocycles. The van der Waals surface area contributed by atoms with E-state index in [4.69, 9.17) is 10.00 Å². The fraction of sp³-hybridized carbons (Fsp3) is 0.200. The zero-order valence-corrected chi connectivity index (χ0v) is 17.2. The molecule has 0 unspecified atom stereocenters. The van der Waals surface area contributed by atoms with E-state index in [-0.39, 0.29) is 11.3 Å². The summed E-state index contributed by atoms with van der Waals surface area (Å²) in [7, 11) is 0. The topological polar surface area (TPSA) is 83.5 Å². The first kappa shape index (κ1) is 18.7. The van der Waals surface area contributed by atoms with Crippen molar-refractivity contribution in [3.05, 3.63) is 78.2 Å². The average molecular weight is 421 g/mol. The number of likely N-dealkylation sites (tertiary alicyclic amines) is 1. The van der Waals surface area contributed by atoms with E-state index in [0.717, 1.165) is 54.5 Å². The number of hydrogen-bond acceptors (Lipinski definition) is 5. The lowest BCUT2D eigenvalue weighted by Gasteiger charge is -2.54. The highest BCUT2D eigenvalue weighted by Crippen LogP contribution is 2.38. The van der Waals surface area contributed by atoms with Gasteiger partial charge in [-0.1, -0.05) is 24.3 Å². The summed E-state index contributed by atoms with van der Waals surface area (Å²) in [5, 5.41) is 9.03. The maximum absolute atomic E-state index is 12.7. The number of ether oxygens (including phenoxy) is 1. The Balaban J connectivity index is 1.26. The van der Waals surface area contributed by atoms with Crippen LogP contribution in [0.5, 0.6) is 0 Å². The molecule has 0 N–H and O–H groups in total. The molecular formula is C25H19N5O2. The lowest BCUT2D eigenvalue weighted by atomic mass is 9.78. The highest BCUT2D eigenvalue weighted by atomic mass is 16.5. The van der Waals surface area contributed by atoms with Crippen LogP contribution in [-0.2, 0) is 4.74 Å². The largest absolute Gasteiger partial charge is 0.380 e. The van der Waals surface area contributed by atoms with Crippen LogP contribution in [0.15, 0.2) is 67.1 Å². The van der Waals surface area contributed by atoms with E-state index >= 15 is 0 Å². The predicted molar refractivity (Wildman–Crippen MR) is 118 cm³/mol. The number of nitriles is 1. The van der Waals surface area contributed by atoms with Crippen LogP contribution in [0.25, 0.3) is 28.2 Å². The number of imidazole rings is 1. The summed E-state index contributed by atoms with van der Waals surface area (Å²) < 4.78 is 7.28. The van der Waals surface area contributed by atoms with E-state index in [0.29, 0.717) is 11.1 Å². The molecule has 2 aromatic heterocycles. The van der Waals surface area contributed by atoms with Crippen LogP contribution in [0.1, 0.15) is 15.9 Å². The predicted octanol–water partition coefficient (Wildman–Crippen LogP) is 3.41. The van der Waals surface area contributed by atoms with Gasteiger partial charge in [0.1, 0.15) is 0 Å². The molecule has 4 heterocycles. The molecule has 32 heavy (non-hydrogen) atoms. The fourth-order valence-electron chi connectivity index (χ4n) is 4.41. The number of carbonyl (C=O) groups excluding carboxylic acids is 1. The van der Waals surface area contributed by atoms with E-state index in [1.165, 1.54) is 0 Å². The first-order valence-corrected chi connectivity index (χ1v) is 10.5. The quantitative estimate of drug-likeness (QED) is 0.506. The van der Waals surface area contributed by atoms with E-state index in [1.807, 2.05) is 51.9 Å². The third-order valence-electron chi connectivity index (χ3n) is 6.29. The summed E-state index contributed by atoms with van der Waals surface area (Å²) in [5.41, 5.74) is 5.87. The second-order valence-corrected chi connectivity index (χ2v) is 8.56. The van der Waals surface area contributed by atoms with Gasteiger partial charge in [0.05, 0.1) is 54.0 Å². The SMILES string of the molecule is N#Cc1ccc(-c2cnc3cnc(-c4ccc(C(=O)N5CC6(COC6)C5)cc4)cn23)cc1. The Bertz CT molecular complexity index is 1370. The van der Waals surface area contributed by atoms with E-state index in [2.05, 4.69) is 16.0 Å². The van der Waals surface area contributed by atoms with Crippen molar-refractivity contribution in [3.63, 3.8) is 0 Å². The minimum absolute atomic E-state index is 0.0650. The molecule has 6 rings (SSSR count). The number of fused-ring (bicyclic) bond motifs is 1. The molecule has 7 nitrogen and oxygen atoms in total. The van der Waals surface area contributed by atoms with Gasteiger partial charge in [0.25, 0.3) is 5.91 Å². The number of nitrogens with zero attached hydrogens (tertiary/aromatic N) is 5. The van der Waals surface area contributed by atoms with Gasteiger partial charge in [-0.15, -0.1) is 0 Å². The van der Waals surface area contributed by atoms with Gasteiger partial charge in [0, 0.05) is 36.0 Å². The van der Waals surface area contributed by atoms with E-state index in [1.54, 1.807) is 24.5 Å². The molecule has 0 atom stereocenters. The minimum atomic E-state index is 0.0650. The number of hydrogen-bond donors (Lipinski definition) is 0. The minimum Gasteiger partial charge on any atom is -0.380 e. The van der Waals surface area contributed by atoms with Crippen LogP contribution < -0.4 is 0 Å². The van der Waals surface area contributed by atoms with Crippen molar-refractivity contribution in [1.82, 2.24) is 19.3 Å². The third kappa shape index (κ3) is 2.96. The summed E-state index contributed by atoms with van der Waals surface area (Å²) in [5.74, 6) is 0.0650. The molecule has 156 valence electrons. The van der Waals surface area contributed by atoms with Crippen LogP contribution in [0.2, 0.25) is 0 Å². The number of amides is 1. The second-order valence-electron chi connectivity index (χ2n) is 8.56. The van der Waals surface area contributed by atoms with Crippen LogP contribution in [-0.4, -0.2) is 51.5 Å². The molecule has 2 fully saturated rings. The summed E-state index contributed by atoms with van der Waals surface area (Å²) >= 11 is 0. The Morgan fingerprint density at radius 1 is 0.969 bits per heavy atom. The number of benzene rings is 2. The number of rotatable bonds is 3. The standard InChI is InChI=1S/C25H19N5O2/c26-9-17-1-3-19(4-2-17)22-10-28-23-11-27-21(12-30(22)23)18-5-7-20(8-6-18)24(31)29-13-25(14-29)15-32-16-25/h1-8,10-12H,13-16H2. The van der Waals surface area contributed by atoms with Crippen molar-refractivity contribution in [2.75, 3.05) is 26.3 Å². The smallest absolute Gasteiger partial charge is 0.253 e. The van der Waals surface area contributed by atoms with Crippen LogP contribution in [0, 0.1) is 16.7 Å². The van der Waals surface area contributed by atoms with Crippen LogP contribution >= 0.6 is 0 Å². The van der Waals surface area contributed by atoms with E-state index in [9.17, 15) is 4.79 Å². The first-order chi connectivity index (χ1) is 15.6. The molecule has 7 heteroatoms. The molecule has 0 saturated carbocycles. The lowest BCUT2D eigenvalue weighted by Crippen LogP contribution is -2.67. The summed E-state index contributed by atoms with van der Waals surface area (Å²) in [6.07, 6.45) is 5.49. The Kier molecular flexibility index (Phi) is 4.10. The second kappa shape index (κ2) is 7.01. The normalized spacial score (nSPS) is 16.4. The molecule has 1 amide bonds. The Hall–Kier alpha value is -4.02. The van der Waals surface area contributed by atoms with Gasteiger partial charge in [0.2, 0.25) is 0 Å². The first-order valence-electron chi connectivity index (χ1n) is 10.5. The Morgan fingerprint density at radius 2 is 1.69 bits per heavy atom. The Labute approximate surface area is 184 Å². The highest BCUT2D eigenvalue weighted by molar-refractivity contribution is 5.95. The molecule has 2 aromatic carbocycles. The molecular weight excluding hydrogens is 402 g/mol. The van der Waals surface area contributed by atoms with Crippen molar-refractivity contribution >= 4 is 11.6 Å². The summed E-state index contributed by atoms with van der Waals surface area (Å²) in [6, 6.07) is 17.2. The molecule has 4 aromatic rings. The van der Waals surface area contributed by atoms with E-state index < -0.39 is 0 Å². The van der Waals surface area contributed by atoms with Gasteiger partial charge < -0.3 is 9.64 Å².